The molecule has 0 aromatic rings. The lowest BCUT2D eigenvalue weighted by molar-refractivity contribution is 1.53. The minimum atomic E-state index is 0.125. The highest BCUT2D eigenvalue weighted by Gasteiger charge is 1.54. The normalized spacial score (nSPS) is 6.25. The molecule has 0 aromatic heterocycles. The third-order valence-electron chi connectivity index (χ3n) is 0.0913. The average Bonchev–Trinajstić information content (AvgIpc) is 1.37. The van der Waals surface area contributed by atoms with Gasteiger partial charge in [0.15, 0.2) is 0 Å². The molecule has 0 aliphatic carbocycles. The lowest BCUT2D eigenvalue weighted by atomic mass is 10.9. The third-order valence-corrected chi connectivity index (χ3v) is 0.0913. The van der Waals surface area contributed by atoms with Gasteiger partial charge in [-0.05, 0) is 0 Å². The van der Waals surface area contributed by atoms with E-state index < -0.39 is 0 Å². The first kappa shape index (κ1) is 3.60. The van der Waals surface area contributed by atoms with E-state index in [1.807, 2.05) is 0 Å². The van der Waals surface area contributed by atoms with Gasteiger partial charge < -0.3 is 10.1 Å². The molecule has 0 saturated heterocycles. The van der Waals surface area contributed by atoms with E-state index in [1.165, 1.54) is 0 Å². The van der Waals surface area contributed by atoms with Crippen molar-refractivity contribution in [3.05, 3.63) is 17.1 Å². The van der Waals surface area contributed by atoms with Crippen molar-refractivity contribution in [2.24, 2.45) is 0 Å². The zero-order chi connectivity index (χ0) is 3.41. The maximum absolute atomic E-state index is 7.31. The summed E-state index contributed by atoms with van der Waals surface area (Å²) in [5, 5.41) is 0. The van der Waals surface area contributed by atoms with Crippen LogP contribution in [0.3, 0.4) is 0 Å². The summed E-state index contributed by atoms with van der Waals surface area (Å²) in [6.45, 7) is 3.26. The zero-order valence-corrected chi connectivity index (χ0v) is 2.27. The van der Waals surface area contributed by atoms with Gasteiger partial charge in [-0.15, -0.1) is 0 Å². The molecule has 0 aliphatic heterocycles. The fraction of sp³-hybridized carbons (Fsp3) is 0.500. The van der Waals surface area contributed by atoms with E-state index in [4.69, 9.17) is 5.59 Å². The molecule has 0 aliphatic rings. The molecule has 0 saturated carbocycles. The molecule has 0 atom stereocenters. The summed E-state index contributed by atoms with van der Waals surface area (Å²) < 4.78 is 3.43. The molecule has 0 amide bonds. The minimum absolute atomic E-state index is 0.125. The molecule has 4 heavy (non-hydrogen) atoms. The Bertz CT molecular complexity index is 20.0. The maximum Gasteiger partial charge on any atom is 0.253 e. The van der Waals surface area contributed by atoms with Gasteiger partial charge in [0.2, 0.25) is 0 Å². The molecule has 0 fully saturated rings. The average molecular weight is 58.1 g/mol. The predicted octanol–water partition coefficient (Wildman–Crippen LogP) is 0.692. The Hall–Kier alpha value is -0.400. The van der Waals surface area contributed by atoms with Gasteiger partial charge in [-0.25, -0.2) is 0 Å². The van der Waals surface area contributed by atoms with Gasteiger partial charge >= 0.3 is 0 Å². The van der Waals surface area contributed by atoms with Crippen molar-refractivity contribution in [3.63, 3.8) is 0 Å². The first-order valence-corrected chi connectivity index (χ1v) is 0.971. The van der Waals surface area contributed by atoms with E-state index in [9.17, 15) is 0 Å². The number of hydrogen-bond acceptors (Lipinski definition) is 0. The van der Waals surface area contributed by atoms with E-state index in [0.29, 0.717) is 0 Å². The van der Waals surface area contributed by atoms with Crippen LogP contribution in [0.1, 0.15) is 0 Å². The van der Waals surface area contributed by atoms with Gasteiger partial charge in [0, 0.05) is 6.92 Å². The molecule has 2 heteroatoms. The van der Waals surface area contributed by atoms with Crippen LogP contribution in [0.5, 0.6) is 0 Å². The molecule has 0 N–H and O–H groups in total. The van der Waals surface area contributed by atoms with Crippen LogP contribution in [-0.2, 0) is 0 Å². The van der Waals surface area contributed by atoms with E-state index in [2.05, 4.69) is 11.5 Å². The van der Waals surface area contributed by atoms with Crippen LogP contribution in [0.4, 0.5) is 0 Å². The summed E-state index contributed by atoms with van der Waals surface area (Å²) >= 11 is 0. The van der Waals surface area contributed by atoms with Crippen LogP contribution in [0.25, 0.3) is 5.59 Å². The molecule has 23 valence electrons. The van der Waals surface area contributed by atoms with E-state index in [-0.39, 0.29) is 6.61 Å². The van der Waals surface area contributed by atoms with Crippen molar-refractivity contribution in [1.82, 2.24) is 0 Å². The third kappa shape index (κ3) is 1.60. The number of rotatable bonds is 1. The summed E-state index contributed by atoms with van der Waals surface area (Å²) in [5.41, 5.74) is 7.31. The highest BCUT2D eigenvalue weighted by molar-refractivity contribution is 4.63. The summed E-state index contributed by atoms with van der Waals surface area (Å²) in [5.74, 6) is 0. The Morgan fingerprint density at radius 2 is 2.25 bits per heavy atom. The first-order chi connectivity index (χ1) is 1.91. The van der Waals surface area contributed by atoms with Gasteiger partial charge in [0.1, 0.15) is 0 Å². The van der Waals surface area contributed by atoms with Gasteiger partial charge in [0.25, 0.3) is 6.61 Å². The summed E-state index contributed by atoms with van der Waals surface area (Å²) in [4.78, 5) is 0. The number of nitroso groups, excluding NO2 is 1. The second kappa shape index (κ2) is 2.60. The number of hydrogen-bond donors (Lipinski definition) is 0. The minimum Gasteiger partial charge on any atom is -0.331 e. The second-order valence-electron chi connectivity index (χ2n) is 0.333. The topological polar surface area (TPSA) is 33.6 Å². The van der Waals surface area contributed by atoms with Gasteiger partial charge in [-0.2, -0.15) is 0 Å². The van der Waals surface area contributed by atoms with Gasteiger partial charge in [-0.1, -0.05) is 0 Å². The van der Waals surface area contributed by atoms with Crippen molar-refractivity contribution in [1.29, 1.82) is 0 Å². The van der Waals surface area contributed by atoms with Crippen LogP contribution >= 0.6 is 0 Å². The fourth-order valence-corrected chi connectivity index (χ4v) is 0. The molecule has 0 bridgehead atoms. The second-order valence-corrected chi connectivity index (χ2v) is 0.333. The Labute approximate surface area is 24.9 Å². The Balaban J connectivity index is 2.30. The maximum atomic E-state index is 7.31. The van der Waals surface area contributed by atoms with Crippen molar-refractivity contribution in [2.45, 2.75) is 0 Å². The summed E-state index contributed by atoms with van der Waals surface area (Å²) in [6.07, 6.45) is 0. The quantitative estimate of drug-likeness (QED) is 0.397. The molecular weight excluding hydrogens is 54.0 g/mol. The molecule has 0 aromatic carbocycles. The van der Waals surface area contributed by atoms with Crippen molar-refractivity contribution < 1.29 is 0 Å². The predicted molar refractivity (Wildman–Crippen MR) is 16.9 cm³/mol. The Kier molecular flexibility index (Phi) is 2.34. The van der Waals surface area contributed by atoms with Crippen LogP contribution in [0.15, 0.2) is 0 Å². The largest absolute Gasteiger partial charge is 0.331 e. The molecule has 2 nitrogen and oxygen atoms in total. The van der Waals surface area contributed by atoms with Gasteiger partial charge in [-0.3, -0.25) is 0 Å². The molecule has 0 rings (SSSR count). The molecule has 0 spiro atoms. The van der Waals surface area contributed by atoms with Crippen molar-refractivity contribution in [2.75, 3.05) is 6.61 Å². The first-order valence-electron chi connectivity index (χ1n) is 0.971. The van der Waals surface area contributed by atoms with Crippen LogP contribution in [0.2, 0.25) is 0 Å². The van der Waals surface area contributed by atoms with E-state index in [0.717, 1.165) is 0 Å². The van der Waals surface area contributed by atoms with Crippen molar-refractivity contribution in [3.8, 4) is 0 Å². The lowest BCUT2D eigenvalue weighted by Gasteiger charge is -1.57. The fourth-order valence-electron chi connectivity index (χ4n) is 0. The highest BCUT2D eigenvalue weighted by atomic mass is 16.4. The summed E-state index contributed by atoms with van der Waals surface area (Å²) in [6, 6.07) is 0. The molecule has 0 heterocycles. The molecule has 1 radical (unpaired) electrons. The lowest BCUT2D eigenvalue weighted by Crippen LogP contribution is -1.56. The zero-order valence-electron chi connectivity index (χ0n) is 2.27. The standard InChI is InChI=1S/C2H4NO/c1-2-4-3/h1-2H2. The highest BCUT2D eigenvalue weighted by Crippen LogP contribution is 1.48. The van der Waals surface area contributed by atoms with E-state index >= 15 is 0 Å². The van der Waals surface area contributed by atoms with Crippen LogP contribution in [0, 0.1) is 11.5 Å². The number of nitrogens with zero attached hydrogens (tertiary/aromatic N) is 1. The van der Waals surface area contributed by atoms with Gasteiger partial charge in [0.05, 0.1) is 0 Å². The monoisotopic (exact) mass is 58.0 g/mol. The van der Waals surface area contributed by atoms with Crippen LogP contribution < -0.4 is 0 Å². The summed E-state index contributed by atoms with van der Waals surface area (Å²) in [7, 11) is 0. The molecular formula is C2H4NO. The molecule has 0 unspecified atom stereocenters. The SMILES string of the molecule is [CH2]C[O+]=[N-]. The Morgan fingerprint density at radius 1 is 2.00 bits per heavy atom. The van der Waals surface area contributed by atoms with Crippen LogP contribution in [-0.4, -0.2) is 6.61 Å². The van der Waals surface area contributed by atoms with Crippen molar-refractivity contribution >= 4 is 0 Å². The Morgan fingerprint density at radius 3 is 2.25 bits per heavy atom. The van der Waals surface area contributed by atoms with E-state index in [1.54, 1.807) is 0 Å². The smallest absolute Gasteiger partial charge is 0.253 e.